The van der Waals surface area contributed by atoms with E-state index < -0.39 is 0 Å². The number of anilines is 3. The van der Waals surface area contributed by atoms with Crippen LogP contribution in [0.25, 0.3) is 33.2 Å². The number of piperazine rings is 1. The van der Waals surface area contributed by atoms with E-state index in [1.54, 1.807) is 0 Å². The van der Waals surface area contributed by atoms with Gasteiger partial charge in [-0.15, -0.1) is 0 Å². The zero-order chi connectivity index (χ0) is 25.6. The minimum atomic E-state index is 0.00537. The number of aromatic nitrogens is 4. The van der Waals surface area contributed by atoms with E-state index in [9.17, 15) is 0 Å². The molecule has 3 aromatic carbocycles. The average Bonchev–Trinajstić information content (AvgIpc) is 3.61. The predicted octanol–water partition coefficient (Wildman–Crippen LogP) is 4.27. The van der Waals surface area contributed by atoms with Crippen LogP contribution in [0.4, 0.5) is 17.2 Å². The Kier molecular flexibility index (Phi) is 5.69. The number of hydrogen-bond acceptors (Lipinski definition) is 8. The van der Waals surface area contributed by atoms with Crippen LogP contribution >= 0.6 is 0 Å². The summed E-state index contributed by atoms with van der Waals surface area (Å²) in [5.74, 6) is 1.44. The molecule has 0 amide bonds. The first kappa shape index (κ1) is 23.1. The molecular weight excluding hydrogens is 476 g/mol. The number of ether oxygens (including phenoxy) is 1. The SMILES string of the molecule is CN1CCN(C2OC2Nc2cccc(-c3nc(Nc4ccc5c(cnn5C)c4)c4ccccc4n3)c2)CC1. The molecule has 0 saturated carbocycles. The summed E-state index contributed by atoms with van der Waals surface area (Å²) in [7, 11) is 4.12. The Bertz CT molecular complexity index is 1620. The molecule has 9 nitrogen and oxygen atoms in total. The quantitative estimate of drug-likeness (QED) is 0.330. The zero-order valence-electron chi connectivity index (χ0n) is 21.5. The highest BCUT2D eigenvalue weighted by molar-refractivity contribution is 5.93. The Morgan fingerprint density at radius 2 is 1.74 bits per heavy atom. The highest BCUT2D eigenvalue weighted by atomic mass is 16.6. The maximum absolute atomic E-state index is 5.97. The van der Waals surface area contributed by atoms with Crippen LogP contribution in [0, 0.1) is 0 Å². The fourth-order valence-corrected chi connectivity index (χ4v) is 5.16. The van der Waals surface area contributed by atoms with Crippen molar-refractivity contribution >= 4 is 39.0 Å². The van der Waals surface area contributed by atoms with Gasteiger partial charge < -0.3 is 20.3 Å². The molecule has 2 saturated heterocycles. The Labute approximate surface area is 221 Å². The Hall–Kier alpha value is -4.05. The highest BCUT2D eigenvalue weighted by Crippen LogP contribution is 2.32. The van der Waals surface area contributed by atoms with Gasteiger partial charge >= 0.3 is 0 Å². The number of para-hydroxylation sites is 1. The van der Waals surface area contributed by atoms with Crippen molar-refractivity contribution in [3.05, 3.63) is 72.9 Å². The Balaban J connectivity index is 1.15. The first-order valence-corrected chi connectivity index (χ1v) is 13.0. The molecule has 2 aliphatic heterocycles. The van der Waals surface area contributed by atoms with Gasteiger partial charge in [0.2, 0.25) is 0 Å². The predicted molar refractivity (Wildman–Crippen MR) is 150 cm³/mol. The molecule has 0 radical (unpaired) electrons. The number of nitrogens with one attached hydrogen (secondary N) is 2. The number of fused-ring (bicyclic) bond motifs is 2. The van der Waals surface area contributed by atoms with Gasteiger partial charge in [-0.2, -0.15) is 5.10 Å². The van der Waals surface area contributed by atoms with Crippen LogP contribution in [0.5, 0.6) is 0 Å². The normalized spacial score (nSPS) is 20.2. The van der Waals surface area contributed by atoms with Crippen molar-refractivity contribution in [1.82, 2.24) is 29.5 Å². The van der Waals surface area contributed by atoms with E-state index >= 15 is 0 Å². The largest absolute Gasteiger partial charge is 0.357 e. The zero-order valence-corrected chi connectivity index (χ0v) is 21.5. The third-order valence-corrected chi connectivity index (χ3v) is 7.41. The molecule has 2 N–H and O–H groups in total. The topological polar surface area (TPSA) is 86.7 Å². The van der Waals surface area contributed by atoms with Crippen LogP contribution in [-0.2, 0) is 11.8 Å². The molecule has 2 fully saturated rings. The minimum Gasteiger partial charge on any atom is -0.357 e. The van der Waals surface area contributed by atoms with Crippen LogP contribution in [0.3, 0.4) is 0 Å². The van der Waals surface area contributed by atoms with Crippen LogP contribution in [-0.4, -0.2) is 75.2 Å². The lowest BCUT2D eigenvalue weighted by Gasteiger charge is -2.31. The smallest absolute Gasteiger partial charge is 0.170 e. The van der Waals surface area contributed by atoms with Gasteiger partial charge in [0.05, 0.1) is 17.2 Å². The summed E-state index contributed by atoms with van der Waals surface area (Å²) < 4.78 is 7.84. The third-order valence-electron chi connectivity index (χ3n) is 7.41. The van der Waals surface area contributed by atoms with Gasteiger partial charge in [-0.1, -0.05) is 24.3 Å². The van der Waals surface area contributed by atoms with Crippen molar-refractivity contribution in [2.24, 2.45) is 7.05 Å². The highest BCUT2D eigenvalue weighted by Gasteiger charge is 2.44. The summed E-state index contributed by atoms with van der Waals surface area (Å²) in [6.45, 7) is 4.23. The van der Waals surface area contributed by atoms with Gasteiger partial charge in [0.1, 0.15) is 5.82 Å². The number of aryl methyl sites for hydroxylation is 1. The van der Waals surface area contributed by atoms with Crippen molar-refractivity contribution in [3.8, 4) is 11.4 Å². The Morgan fingerprint density at radius 3 is 2.63 bits per heavy atom. The second-order valence-corrected chi connectivity index (χ2v) is 10.1. The van der Waals surface area contributed by atoms with Crippen LogP contribution in [0.2, 0.25) is 0 Å². The monoisotopic (exact) mass is 506 g/mol. The second kappa shape index (κ2) is 9.36. The molecular formula is C29H30N8O. The lowest BCUT2D eigenvalue weighted by Crippen LogP contribution is -2.46. The molecule has 2 unspecified atom stereocenters. The fraction of sp³-hybridized carbons (Fsp3) is 0.276. The van der Waals surface area contributed by atoms with E-state index in [1.165, 1.54) is 0 Å². The van der Waals surface area contributed by atoms with Gasteiger partial charge in [0.25, 0.3) is 0 Å². The van der Waals surface area contributed by atoms with Crippen LogP contribution in [0.1, 0.15) is 0 Å². The molecule has 2 aromatic heterocycles. The van der Waals surface area contributed by atoms with Crippen molar-refractivity contribution < 1.29 is 4.74 Å². The van der Waals surface area contributed by atoms with Crippen LogP contribution < -0.4 is 10.6 Å². The average molecular weight is 507 g/mol. The van der Waals surface area contributed by atoms with Crippen molar-refractivity contribution in [3.63, 3.8) is 0 Å². The second-order valence-electron chi connectivity index (χ2n) is 10.1. The molecule has 2 atom stereocenters. The number of likely N-dealkylation sites (N-methyl/N-ethyl adjacent to an activating group) is 1. The number of hydrogen-bond donors (Lipinski definition) is 2. The van der Waals surface area contributed by atoms with Crippen molar-refractivity contribution in [2.45, 2.75) is 12.5 Å². The molecule has 4 heterocycles. The molecule has 38 heavy (non-hydrogen) atoms. The van der Waals surface area contributed by atoms with Gasteiger partial charge in [-0.25, -0.2) is 9.97 Å². The lowest BCUT2D eigenvalue weighted by molar-refractivity contribution is 0.105. The van der Waals surface area contributed by atoms with Crippen molar-refractivity contribution in [1.29, 1.82) is 0 Å². The number of nitrogens with zero attached hydrogens (tertiary/aromatic N) is 6. The molecule has 7 rings (SSSR count). The molecule has 0 aliphatic carbocycles. The molecule has 0 spiro atoms. The van der Waals surface area contributed by atoms with E-state index in [0.717, 1.165) is 70.7 Å². The van der Waals surface area contributed by atoms with Crippen molar-refractivity contribution in [2.75, 3.05) is 43.9 Å². The first-order valence-electron chi connectivity index (χ1n) is 13.0. The van der Waals surface area contributed by atoms with E-state index in [-0.39, 0.29) is 12.5 Å². The third kappa shape index (κ3) is 4.45. The molecule has 2 aliphatic rings. The van der Waals surface area contributed by atoms with Gasteiger partial charge in [0.15, 0.2) is 18.3 Å². The van der Waals surface area contributed by atoms with Gasteiger partial charge in [-0.05, 0) is 49.5 Å². The number of epoxide rings is 1. The summed E-state index contributed by atoms with van der Waals surface area (Å²) in [4.78, 5) is 14.6. The van der Waals surface area contributed by atoms with E-state index in [2.05, 4.69) is 62.9 Å². The summed E-state index contributed by atoms with van der Waals surface area (Å²) in [6, 6.07) is 22.5. The van der Waals surface area contributed by atoms with E-state index in [1.807, 2.05) is 54.3 Å². The standard InChI is InChI=1S/C29H30N8O/c1-35-12-14-37(15-13-35)29-28(38-29)32-21-7-5-6-19(16-21)26-33-24-9-4-3-8-23(24)27(34-26)31-22-10-11-25-20(17-22)18-30-36(25)2/h3-11,16-18,28-29,32H,12-15H2,1-2H3,(H,31,33,34). The fourth-order valence-electron chi connectivity index (χ4n) is 5.16. The first-order chi connectivity index (χ1) is 18.6. The molecule has 5 aromatic rings. The van der Waals surface area contributed by atoms with E-state index in [4.69, 9.17) is 14.7 Å². The number of rotatable bonds is 6. The summed E-state index contributed by atoms with van der Waals surface area (Å²) in [5.41, 5.74) is 4.88. The number of benzene rings is 3. The van der Waals surface area contributed by atoms with E-state index in [0.29, 0.717) is 5.82 Å². The minimum absolute atomic E-state index is 0.00537. The summed E-state index contributed by atoms with van der Waals surface area (Å²) in [6.07, 6.45) is 2.02. The lowest BCUT2D eigenvalue weighted by atomic mass is 10.1. The summed E-state index contributed by atoms with van der Waals surface area (Å²) >= 11 is 0. The molecule has 192 valence electrons. The summed E-state index contributed by atoms with van der Waals surface area (Å²) in [5, 5.41) is 13.5. The maximum Gasteiger partial charge on any atom is 0.170 e. The van der Waals surface area contributed by atoms with Gasteiger partial charge in [-0.3, -0.25) is 9.58 Å². The molecule has 9 heteroatoms. The Morgan fingerprint density at radius 1 is 0.868 bits per heavy atom. The van der Waals surface area contributed by atoms with Crippen LogP contribution in [0.15, 0.2) is 72.9 Å². The maximum atomic E-state index is 5.97. The van der Waals surface area contributed by atoms with Gasteiger partial charge in [0, 0.05) is 60.9 Å². The molecule has 0 bridgehead atoms.